The largest absolute Gasteiger partial charge is 0.489 e. The summed E-state index contributed by atoms with van der Waals surface area (Å²) >= 11 is 6.22. The molecule has 2 aliphatic heterocycles. The predicted octanol–water partition coefficient (Wildman–Crippen LogP) is 0.0453. The van der Waals surface area contributed by atoms with Gasteiger partial charge < -0.3 is 25.6 Å². The van der Waals surface area contributed by atoms with E-state index in [4.69, 9.17) is 26.8 Å². The Labute approximate surface area is 187 Å². The molecule has 0 saturated carbocycles. The molecule has 1 fully saturated rings. The maximum atomic E-state index is 12.8. The summed E-state index contributed by atoms with van der Waals surface area (Å²) in [5, 5.41) is 13.6. The standard InChI is InChI=1S/C19H29ClN4O6S/c1-31(27,28)23-4-6-24-5-3-12(15(25)11-24)10-22-19(26)13-9-14(21)16(20)18-17(13)29-7-2-8-30-18/h9,12,15,23,25H,2-8,10-11,21H2,1H3,(H,22,26)/t12-,15+/m0/s1. The zero-order chi connectivity index (χ0) is 22.6. The first-order chi connectivity index (χ1) is 14.7. The molecule has 1 aromatic rings. The number of sulfonamides is 1. The van der Waals surface area contributed by atoms with Crippen LogP contribution in [0.4, 0.5) is 5.69 Å². The minimum Gasteiger partial charge on any atom is -0.489 e. The average molecular weight is 477 g/mol. The van der Waals surface area contributed by atoms with Gasteiger partial charge in [0.2, 0.25) is 10.0 Å². The number of nitrogen functional groups attached to an aromatic ring is 1. The van der Waals surface area contributed by atoms with Crippen molar-refractivity contribution < 1.29 is 27.8 Å². The molecule has 31 heavy (non-hydrogen) atoms. The molecule has 3 rings (SSSR count). The number of nitrogens with zero attached hydrogens (tertiary/aromatic N) is 1. The number of rotatable bonds is 7. The van der Waals surface area contributed by atoms with Crippen LogP contribution in [-0.2, 0) is 10.0 Å². The van der Waals surface area contributed by atoms with Gasteiger partial charge in [-0.1, -0.05) is 11.6 Å². The molecule has 0 radical (unpaired) electrons. The average Bonchev–Trinajstić information content (AvgIpc) is 2.95. The summed E-state index contributed by atoms with van der Waals surface area (Å²) in [6.07, 6.45) is 1.80. The molecule has 0 unspecified atom stereocenters. The summed E-state index contributed by atoms with van der Waals surface area (Å²) in [6.45, 7) is 3.01. The molecule has 174 valence electrons. The molecule has 1 amide bonds. The second kappa shape index (κ2) is 10.2. The second-order valence-corrected chi connectivity index (χ2v) is 10.0. The third kappa shape index (κ3) is 6.36. The lowest BCUT2D eigenvalue weighted by atomic mass is 9.93. The highest BCUT2D eigenvalue weighted by atomic mass is 35.5. The Morgan fingerprint density at radius 2 is 2.06 bits per heavy atom. The lowest BCUT2D eigenvalue weighted by molar-refractivity contribution is 0.0231. The zero-order valence-electron chi connectivity index (χ0n) is 17.4. The number of carbonyl (C=O) groups is 1. The number of aliphatic hydroxyl groups is 1. The monoisotopic (exact) mass is 476 g/mol. The SMILES string of the molecule is CS(=O)(=O)NCCN1CC[C@@H](CNC(=O)c2cc(N)c(Cl)c3c2OCCCO3)[C@H](O)C1. The van der Waals surface area contributed by atoms with E-state index in [0.29, 0.717) is 45.7 Å². The van der Waals surface area contributed by atoms with Crippen molar-refractivity contribution in [2.45, 2.75) is 18.9 Å². The number of anilines is 1. The summed E-state index contributed by atoms with van der Waals surface area (Å²) in [7, 11) is -3.23. The highest BCUT2D eigenvalue weighted by Crippen LogP contribution is 2.43. The number of halogens is 1. The van der Waals surface area contributed by atoms with Crippen LogP contribution in [0, 0.1) is 5.92 Å². The van der Waals surface area contributed by atoms with Gasteiger partial charge in [-0.25, -0.2) is 13.1 Å². The molecule has 0 aliphatic carbocycles. The van der Waals surface area contributed by atoms with E-state index < -0.39 is 16.1 Å². The molecule has 12 heteroatoms. The highest BCUT2D eigenvalue weighted by Gasteiger charge is 2.29. The number of carbonyl (C=O) groups excluding carboxylic acids is 1. The smallest absolute Gasteiger partial charge is 0.255 e. The van der Waals surface area contributed by atoms with Crippen molar-refractivity contribution in [3.63, 3.8) is 0 Å². The van der Waals surface area contributed by atoms with Crippen LogP contribution in [0.5, 0.6) is 11.5 Å². The van der Waals surface area contributed by atoms with Crippen LogP contribution in [-0.4, -0.2) is 82.6 Å². The quantitative estimate of drug-likeness (QED) is 0.404. The van der Waals surface area contributed by atoms with Gasteiger partial charge >= 0.3 is 0 Å². The molecule has 1 aromatic carbocycles. The Morgan fingerprint density at radius 3 is 2.74 bits per heavy atom. The van der Waals surface area contributed by atoms with Gasteiger partial charge in [0.1, 0.15) is 5.02 Å². The molecule has 2 aliphatic rings. The molecule has 10 nitrogen and oxygen atoms in total. The van der Waals surface area contributed by atoms with Crippen molar-refractivity contribution in [2.24, 2.45) is 5.92 Å². The lowest BCUT2D eigenvalue weighted by Crippen LogP contribution is -2.49. The second-order valence-electron chi connectivity index (χ2n) is 7.83. The maximum Gasteiger partial charge on any atom is 0.255 e. The Balaban J connectivity index is 1.56. The number of ether oxygens (including phenoxy) is 2. The van der Waals surface area contributed by atoms with Crippen LogP contribution >= 0.6 is 11.6 Å². The lowest BCUT2D eigenvalue weighted by Gasteiger charge is -2.36. The number of β-amino-alcohol motifs (C(OH)–C–C–N with tert-alkyl or cyclic N) is 1. The zero-order valence-corrected chi connectivity index (χ0v) is 19.0. The van der Waals surface area contributed by atoms with E-state index in [1.165, 1.54) is 6.07 Å². The number of hydrogen-bond donors (Lipinski definition) is 4. The fraction of sp³-hybridized carbons (Fsp3) is 0.632. The van der Waals surface area contributed by atoms with E-state index in [-0.39, 0.29) is 52.7 Å². The summed E-state index contributed by atoms with van der Waals surface area (Å²) in [5.41, 5.74) is 6.42. The topological polar surface area (TPSA) is 143 Å². The van der Waals surface area contributed by atoms with E-state index in [0.717, 1.165) is 6.26 Å². The molecular weight excluding hydrogens is 448 g/mol. The van der Waals surface area contributed by atoms with Crippen LogP contribution in [0.2, 0.25) is 5.02 Å². The number of piperidine rings is 1. The first-order valence-corrected chi connectivity index (χ1v) is 12.4. The van der Waals surface area contributed by atoms with Gasteiger partial charge in [0.05, 0.1) is 36.8 Å². The molecule has 0 bridgehead atoms. The molecule has 0 aromatic heterocycles. The summed E-state index contributed by atoms with van der Waals surface area (Å²) < 4.78 is 36.1. The predicted molar refractivity (Wildman–Crippen MR) is 117 cm³/mol. The van der Waals surface area contributed by atoms with Crippen molar-refractivity contribution in [1.29, 1.82) is 0 Å². The number of nitrogens with one attached hydrogen (secondary N) is 2. The minimum atomic E-state index is -3.23. The Bertz CT molecular complexity index is 913. The van der Waals surface area contributed by atoms with Gasteiger partial charge in [-0.2, -0.15) is 0 Å². The summed E-state index contributed by atoms with van der Waals surface area (Å²) in [6, 6.07) is 1.47. The molecule has 2 atom stereocenters. The van der Waals surface area contributed by atoms with Crippen molar-refractivity contribution in [1.82, 2.24) is 14.9 Å². The number of aliphatic hydroxyl groups excluding tert-OH is 1. The molecule has 1 saturated heterocycles. The third-order valence-electron chi connectivity index (χ3n) is 5.35. The van der Waals surface area contributed by atoms with Gasteiger partial charge in [-0.15, -0.1) is 0 Å². The summed E-state index contributed by atoms with van der Waals surface area (Å²) in [4.78, 5) is 14.8. The Morgan fingerprint density at radius 1 is 1.35 bits per heavy atom. The van der Waals surface area contributed by atoms with Gasteiger partial charge in [0, 0.05) is 38.5 Å². The number of nitrogens with two attached hydrogens (primary N) is 1. The van der Waals surface area contributed by atoms with Crippen molar-refractivity contribution >= 4 is 33.2 Å². The van der Waals surface area contributed by atoms with Gasteiger partial charge in [-0.3, -0.25) is 9.69 Å². The van der Waals surface area contributed by atoms with Crippen LogP contribution in [0.1, 0.15) is 23.2 Å². The fourth-order valence-electron chi connectivity index (χ4n) is 3.68. The summed E-state index contributed by atoms with van der Waals surface area (Å²) in [5.74, 6) is 0.0592. The molecule has 2 heterocycles. The van der Waals surface area contributed by atoms with E-state index in [9.17, 15) is 18.3 Å². The van der Waals surface area contributed by atoms with Gasteiger partial charge in [0.15, 0.2) is 11.5 Å². The van der Waals surface area contributed by atoms with Gasteiger partial charge in [0.25, 0.3) is 5.91 Å². The van der Waals surface area contributed by atoms with Crippen LogP contribution in [0.15, 0.2) is 6.07 Å². The van der Waals surface area contributed by atoms with E-state index in [1.54, 1.807) is 0 Å². The number of fused-ring (bicyclic) bond motifs is 1. The van der Waals surface area contributed by atoms with E-state index >= 15 is 0 Å². The number of benzene rings is 1. The number of amides is 1. The van der Waals surface area contributed by atoms with E-state index in [1.807, 2.05) is 4.90 Å². The van der Waals surface area contributed by atoms with Gasteiger partial charge in [-0.05, 0) is 19.0 Å². The Kier molecular flexibility index (Phi) is 7.87. The minimum absolute atomic E-state index is 0.122. The first kappa shape index (κ1) is 23.9. The number of likely N-dealkylation sites (tertiary alicyclic amines) is 1. The van der Waals surface area contributed by atoms with Crippen molar-refractivity contribution in [2.75, 3.05) is 57.9 Å². The van der Waals surface area contributed by atoms with Crippen LogP contribution in [0.25, 0.3) is 0 Å². The van der Waals surface area contributed by atoms with Crippen molar-refractivity contribution in [3.8, 4) is 11.5 Å². The van der Waals surface area contributed by atoms with Crippen LogP contribution < -0.4 is 25.2 Å². The normalized spacial score (nSPS) is 22.0. The van der Waals surface area contributed by atoms with Crippen molar-refractivity contribution in [3.05, 3.63) is 16.7 Å². The third-order valence-corrected chi connectivity index (χ3v) is 6.47. The molecular formula is C19H29ClN4O6S. The molecule has 5 N–H and O–H groups in total. The highest BCUT2D eigenvalue weighted by molar-refractivity contribution is 7.88. The number of hydrogen-bond acceptors (Lipinski definition) is 8. The van der Waals surface area contributed by atoms with Crippen LogP contribution in [0.3, 0.4) is 0 Å². The maximum absolute atomic E-state index is 12.8. The molecule has 0 spiro atoms. The first-order valence-electron chi connectivity index (χ1n) is 10.2. The Hall–Kier alpha value is -1.79. The fourth-order valence-corrected chi connectivity index (χ4v) is 4.34. The van der Waals surface area contributed by atoms with E-state index in [2.05, 4.69) is 10.0 Å².